The molecule has 94 valence electrons. The molecule has 2 rings (SSSR count). The number of benzene rings is 1. The second-order valence-corrected chi connectivity index (χ2v) is 5.09. The number of ether oxygens (including phenoxy) is 1. The monoisotopic (exact) mass is 244 g/mol. The molecule has 3 nitrogen and oxygen atoms in total. The van der Waals surface area contributed by atoms with E-state index < -0.39 is 5.60 Å². The third kappa shape index (κ3) is 3.00. The van der Waals surface area contributed by atoms with Crippen LogP contribution in [-0.2, 0) is 4.74 Å². The second-order valence-electron chi connectivity index (χ2n) is 5.09. The standard InChI is InChI=1S/C15H16O3/c1-15(2,3)18-14(16)12-6-4-11(5-7-12)13-8-9-17-10-13/h4-10H,1-3H3. The van der Waals surface area contributed by atoms with Gasteiger partial charge in [-0.2, -0.15) is 0 Å². The van der Waals surface area contributed by atoms with Crippen LogP contribution in [-0.4, -0.2) is 11.6 Å². The zero-order valence-corrected chi connectivity index (χ0v) is 10.8. The molecule has 1 aromatic heterocycles. The molecule has 1 heterocycles. The van der Waals surface area contributed by atoms with Crippen molar-refractivity contribution in [3.05, 3.63) is 48.4 Å². The Bertz CT molecular complexity index is 516. The van der Waals surface area contributed by atoms with Gasteiger partial charge in [-0.25, -0.2) is 4.79 Å². The molecule has 0 N–H and O–H groups in total. The Morgan fingerprint density at radius 3 is 2.22 bits per heavy atom. The molecule has 0 radical (unpaired) electrons. The number of furan rings is 1. The Kier molecular flexibility index (Phi) is 3.24. The Labute approximate surface area is 106 Å². The molecule has 0 saturated heterocycles. The quantitative estimate of drug-likeness (QED) is 0.752. The van der Waals surface area contributed by atoms with Gasteiger partial charge in [-0.05, 0) is 44.5 Å². The van der Waals surface area contributed by atoms with E-state index in [2.05, 4.69) is 0 Å². The molecule has 0 bridgehead atoms. The predicted octanol–water partition coefficient (Wildman–Crippen LogP) is 3.90. The van der Waals surface area contributed by atoms with Crippen LogP contribution in [0.25, 0.3) is 11.1 Å². The zero-order chi connectivity index (χ0) is 13.2. The van der Waals surface area contributed by atoms with Gasteiger partial charge in [0.1, 0.15) is 5.60 Å². The number of hydrogen-bond donors (Lipinski definition) is 0. The maximum absolute atomic E-state index is 11.8. The fourth-order valence-corrected chi connectivity index (χ4v) is 1.56. The van der Waals surface area contributed by atoms with E-state index in [9.17, 15) is 4.79 Å². The molecule has 2 aromatic rings. The lowest BCUT2D eigenvalue weighted by Gasteiger charge is -2.19. The number of esters is 1. The molecule has 0 aliphatic heterocycles. The van der Waals surface area contributed by atoms with E-state index in [1.165, 1.54) is 0 Å². The Morgan fingerprint density at radius 2 is 1.72 bits per heavy atom. The molecule has 1 aromatic carbocycles. The predicted molar refractivity (Wildman–Crippen MR) is 69.3 cm³/mol. The first kappa shape index (κ1) is 12.4. The van der Waals surface area contributed by atoms with E-state index in [4.69, 9.17) is 9.15 Å². The van der Waals surface area contributed by atoms with Gasteiger partial charge in [0.25, 0.3) is 0 Å². The van der Waals surface area contributed by atoms with Crippen LogP contribution in [0.3, 0.4) is 0 Å². The minimum Gasteiger partial charge on any atom is -0.472 e. The lowest BCUT2D eigenvalue weighted by molar-refractivity contribution is 0.00696. The number of carbonyl (C=O) groups is 1. The Morgan fingerprint density at radius 1 is 1.06 bits per heavy atom. The Balaban J connectivity index is 2.15. The van der Waals surface area contributed by atoms with Crippen molar-refractivity contribution in [3.63, 3.8) is 0 Å². The molecular formula is C15H16O3. The van der Waals surface area contributed by atoms with Crippen LogP contribution < -0.4 is 0 Å². The summed E-state index contributed by atoms with van der Waals surface area (Å²) < 4.78 is 10.3. The van der Waals surface area contributed by atoms with Crippen molar-refractivity contribution in [1.29, 1.82) is 0 Å². The van der Waals surface area contributed by atoms with E-state index in [1.807, 2.05) is 39.0 Å². The maximum atomic E-state index is 11.8. The minimum absolute atomic E-state index is 0.304. The minimum atomic E-state index is -0.472. The molecule has 0 aliphatic rings. The lowest BCUT2D eigenvalue weighted by Crippen LogP contribution is -2.23. The summed E-state index contributed by atoms with van der Waals surface area (Å²) in [6, 6.07) is 9.16. The second kappa shape index (κ2) is 4.69. The number of rotatable bonds is 2. The normalized spacial score (nSPS) is 11.3. The van der Waals surface area contributed by atoms with Crippen LogP contribution in [0.5, 0.6) is 0 Å². The summed E-state index contributed by atoms with van der Waals surface area (Å²) in [5.74, 6) is -0.304. The SMILES string of the molecule is CC(C)(C)OC(=O)c1ccc(-c2ccoc2)cc1. The largest absolute Gasteiger partial charge is 0.472 e. The highest BCUT2D eigenvalue weighted by molar-refractivity contribution is 5.90. The topological polar surface area (TPSA) is 39.4 Å². The van der Waals surface area contributed by atoms with E-state index in [0.717, 1.165) is 11.1 Å². The average Bonchev–Trinajstić information content (AvgIpc) is 2.80. The molecule has 0 fully saturated rings. The van der Waals surface area contributed by atoms with Crippen molar-refractivity contribution in [1.82, 2.24) is 0 Å². The zero-order valence-electron chi connectivity index (χ0n) is 10.8. The van der Waals surface area contributed by atoms with Crippen LogP contribution in [0, 0.1) is 0 Å². The smallest absolute Gasteiger partial charge is 0.338 e. The number of carbonyl (C=O) groups excluding carboxylic acids is 1. The molecular weight excluding hydrogens is 228 g/mol. The van der Waals surface area contributed by atoms with Crippen molar-refractivity contribution >= 4 is 5.97 Å². The summed E-state index contributed by atoms with van der Waals surface area (Å²) in [6.07, 6.45) is 3.29. The maximum Gasteiger partial charge on any atom is 0.338 e. The van der Waals surface area contributed by atoms with Crippen molar-refractivity contribution in [2.75, 3.05) is 0 Å². The van der Waals surface area contributed by atoms with Gasteiger partial charge in [0.2, 0.25) is 0 Å². The van der Waals surface area contributed by atoms with Crippen LogP contribution in [0.2, 0.25) is 0 Å². The molecule has 18 heavy (non-hydrogen) atoms. The molecule has 0 atom stereocenters. The molecule has 0 spiro atoms. The lowest BCUT2D eigenvalue weighted by atomic mass is 10.1. The van der Waals surface area contributed by atoms with Crippen molar-refractivity contribution in [2.24, 2.45) is 0 Å². The van der Waals surface area contributed by atoms with Crippen molar-refractivity contribution < 1.29 is 13.9 Å². The summed E-state index contributed by atoms with van der Waals surface area (Å²) in [6.45, 7) is 5.56. The van der Waals surface area contributed by atoms with Gasteiger partial charge in [-0.3, -0.25) is 0 Å². The highest BCUT2D eigenvalue weighted by Gasteiger charge is 2.17. The first-order chi connectivity index (χ1) is 8.46. The molecule has 0 saturated carbocycles. The van der Waals surface area contributed by atoms with Crippen molar-refractivity contribution in [2.45, 2.75) is 26.4 Å². The van der Waals surface area contributed by atoms with Crippen LogP contribution in [0.4, 0.5) is 0 Å². The van der Waals surface area contributed by atoms with E-state index in [0.29, 0.717) is 5.56 Å². The van der Waals surface area contributed by atoms with Crippen molar-refractivity contribution in [3.8, 4) is 11.1 Å². The molecule has 3 heteroatoms. The van der Waals surface area contributed by atoms with E-state index in [1.54, 1.807) is 24.7 Å². The number of hydrogen-bond acceptors (Lipinski definition) is 3. The summed E-state index contributed by atoms with van der Waals surface area (Å²) in [4.78, 5) is 11.8. The highest BCUT2D eigenvalue weighted by atomic mass is 16.6. The first-order valence-corrected chi connectivity index (χ1v) is 5.82. The van der Waals surface area contributed by atoms with Gasteiger partial charge in [0, 0.05) is 5.56 Å². The third-order valence-electron chi connectivity index (χ3n) is 2.37. The third-order valence-corrected chi connectivity index (χ3v) is 2.37. The fraction of sp³-hybridized carbons (Fsp3) is 0.267. The molecule has 0 amide bonds. The molecule has 0 aliphatic carbocycles. The van der Waals surface area contributed by atoms with E-state index >= 15 is 0 Å². The summed E-state index contributed by atoms with van der Waals surface area (Å²) in [7, 11) is 0. The van der Waals surface area contributed by atoms with Crippen LogP contribution >= 0.6 is 0 Å². The van der Waals surface area contributed by atoms with Gasteiger partial charge < -0.3 is 9.15 Å². The van der Waals surface area contributed by atoms with Gasteiger partial charge >= 0.3 is 5.97 Å². The highest BCUT2D eigenvalue weighted by Crippen LogP contribution is 2.21. The van der Waals surface area contributed by atoms with Crippen LogP contribution in [0.1, 0.15) is 31.1 Å². The first-order valence-electron chi connectivity index (χ1n) is 5.82. The van der Waals surface area contributed by atoms with Crippen LogP contribution in [0.15, 0.2) is 47.3 Å². The van der Waals surface area contributed by atoms with Gasteiger partial charge in [-0.15, -0.1) is 0 Å². The van der Waals surface area contributed by atoms with Gasteiger partial charge in [0.05, 0.1) is 18.1 Å². The fourth-order valence-electron chi connectivity index (χ4n) is 1.56. The summed E-state index contributed by atoms with van der Waals surface area (Å²) >= 11 is 0. The average molecular weight is 244 g/mol. The molecule has 0 unspecified atom stereocenters. The summed E-state index contributed by atoms with van der Waals surface area (Å²) in [5, 5.41) is 0. The van der Waals surface area contributed by atoms with E-state index in [-0.39, 0.29) is 5.97 Å². The summed E-state index contributed by atoms with van der Waals surface area (Å²) in [5.41, 5.74) is 2.08. The van der Waals surface area contributed by atoms with Gasteiger partial charge in [-0.1, -0.05) is 12.1 Å². The van der Waals surface area contributed by atoms with Gasteiger partial charge in [0.15, 0.2) is 0 Å². The Hall–Kier alpha value is -2.03.